The fraction of sp³-hybridized carbons (Fsp3) is 0.182. The average Bonchev–Trinajstić information content (AvgIpc) is 2.81. The third-order valence-corrected chi connectivity index (χ3v) is 2.18. The molecule has 0 atom stereocenters. The average molecular weight is 234 g/mol. The summed E-state index contributed by atoms with van der Waals surface area (Å²) in [5.74, 6) is -0.434. The molecule has 0 bridgehead atoms. The second-order valence-corrected chi connectivity index (χ2v) is 3.40. The maximum Gasteiger partial charge on any atom is 0.305 e. The van der Waals surface area contributed by atoms with Crippen molar-refractivity contribution in [3.63, 3.8) is 0 Å². The Labute approximate surface area is 96.1 Å². The first-order chi connectivity index (χ1) is 8.16. The lowest BCUT2D eigenvalue weighted by Gasteiger charge is -2.03. The first-order valence-electron chi connectivity index (χ1n) is 5.00. The molecule has 1 N–H and O–H groups in total. The van der Waals surface area contributed by atoms with Crippen LogP contribution >= 0.6 is 0 Å². The topological polar surface area (TPSA) is 85.3 Å². The number of aromatic nitrogens is 2. The van der Waals surface area contributed by atoms with E-state index in [1.54, 1.807) is 18.2 Å². The van der Waals surface area contributed by atoms with Crippen molar-refractivity contribution >= 4 is 5.97 Å². The molecule has 6 nitrogen and oxygen atoms in total. The second-order valence-electron chi connectivity index (χ2n) is 3.40. The Kier molecular flexibility index (Phi) is 3.04. The van der Waals surface area contributed by atoms with E-state index in [0.29, 0.717) is 11.5 Å². The number of hydrogen-bond acceptors (Lipinski definition) is 4. The summed E-state index contributed by atoms with van der Waals surface area (Å²) >= 11 is 0. The van der Waals surface area contributed by atoms with Gasteiger partial charge in [-0.25, -0.2) is 4.68 Å². The molecule has 0 spiro atoms. The molecule has 0 amide bonds. The molecule has 0 aliphatic heterocycles. The Hall–Kier alpha value is -2.37. The summed E-state index contributed by atoms with van der Waals surface area (Å²) < 4.78 is 6.26. The van der Waals surface area contributed by atoms with Gasteiger partial charge < -0.3 is 9.52 Å². The Morgan fingerprint density at radius 1 is 1.41 bits per heavy atom. The van der Waals surface area contributed by atoms with E-state index in [9.17, 15) is 9.59 Å². The van der Waals surface area contributed by atoms with Crippen LogP contribution in [-0.2, 0) is 11.3 Å². The van der Waals surface area contributed by atoms with E-state index in [1.807, 2.05) is 0 Å². The summed E-state index contributed by atoms with van der Waals surface area (Å²) in [5.41, 5.74) is 0.168. The van der Waals surface area contributed by atoms with Gasteiger partial charge in [-0.05, 0) is 18.2 Å². The van der Waals surface area contributed by atoms with Gasteiger partial charge in [0.15, 0.2) is 5.76 Å². The molecule has 2 aromatic heterocycles. The minimum atomic E-state index is -0.970. The van der Waals surface area contributed by atoms with Crippen LogP contribution in [0, 0.1) is 0 Å². The summed E-state index contributed by atoms with van der Waals surface area (Å²) in [6, 6.07) is 6.31. The number of aliphatic carboxylic acids is 1. The van der Waals surface area contributed by atoms with E-state index in [1.165, 1.54) is 12.3 Å². The molecule has 17 heavy (non-hydrogen) atoms. The third-order valence-electron chi connectivity index (χ3n) is 2.18. The van der Waals surface area contributed by atoms with Crippen LogP contribution in [0.4, 0.5) is 0 Å². The number of carboxylic acids is 1. The number of rotatable bonds is 4. The lowest BCUT2D eigenvalue weighted by Crippen LogP contribution is -2.23. The Balaban J connectivity index is 2.30. The molecule has 0 saturated carbocycles. The van der Waals surface area contributed by atoms with Crippen molar-refractivity contribution in [2.75, 3.05) is 0 Å². The predicted molar refractivity (Wildman–Crippen MR) is 58.5 cm³/mol. The normalized spacial score (nSPS) is 10.4. The Morgan fingerprint density at radius 3 is 2.88 bits per heavy atom. The molecule has 88 valence electrons. The number of nitrogens with zero attached hydrogens (tertiary/aromatic N) is 2. The molecule has 2 aromatic rings. The van der Waals surface area contributed by atoms with Gasteiger partial charge in [0, 0.05) is 6.07 Å². The first kappa shape index (κ1) is 11.1. The van der Waals surface area contributed by atoms with Crippen LogP contribution < -0.4 is 5.56 Å². The third kappa shape index (κ3) is 2.60. The molecule has 0 aromatic carbocycles. The van der Waals surface area contributed by atoms with Crippen molar-refractivity contribution in [3.8, 4) is 11.5 Å². The van der Waals surface area contributed by atoms with Gasteiger partial charge >= 0.3 is 5.97 Å². The van der Waals surface area contributed by atoms with Gasteiger partial charge in [0.1, 0.15) is 5.69 Å². The molecular weight excluding hydrogens is 224 g/mol. The Morgan fingerprint density at radius 2 is 2.24 bits per heavy atom. The maximum atomic E-state index is 11.4. The van der Waals surface area contributed by atoms with Crippen LogP contribution in [0.15, 0.2) is 39.7 Å². The highest BCUT2D eigenvalue weighted by Crippen LogP contribution is 2.14. The van der Waals surface area contributed by atoms with Gasteiger partial charge in [-0.2, -0.15) is 5.10 Å². The monoisotopic (exact) mass is 234 g/mol. The lowest BCUT2D eigenvalue weighted by atomic mass is 10.3. The van der Waals surface area contributed by atoms with Crippen LogP contribution in [-0.4, -0.2) is 20.9 Å². The van der Waals surface area contributed by atoms with Crippen molar-refractivity contribution in [2.24, 2.45) is 0 Å². The molecule has 0 fully saturated rings. The van der Waals surface area contributed by atoms with Gasteiger partial charge in [0.05, 0.1) is 19.2 Å². The number of carbonyl (C=O) groups is 1. The van der Waals surface area contributed by atoms with Crippen molar-refractivity contribution < 1.29 is 14.3 Å². The summed E-state index contributed by atoms with van der Waals surface area (Å²) in [4.78, 5) is 21.9. The highest BCUT2D eigenvalue weighted by atomic mass is 16.4. The molecule has 0 aliphatic rings. The van der Waals surface area contributed by atoms with Gasteiger partial charge in [-0.15, -0.1) is 0 Å². The van der Waals surface area contributed by atoms with Crippen LogP contribution in [0.25, 0.3) is 11.5 Å². The maximum absolute atomic E-state index is 11.4. The molecule has 2 heterocycles. The van der Waals surface area contributed by atoms with E-state index in [0.717, 1.165) is 4.68 Å². The minimum absolute atomic E-state index is 0.0444. The van der Waals surface area contributed by atoms with Gasteiger partial charge in [0.25, 0.3) is 5.56 Å². The van der Waals surface area contributed by atoms with Crippen molar-refractivity contribution in [3.05, 3.63) is 40.9 Å². The SMILES string of the molecule is O=C(O)CCn1nc(-c2ccco2)ccc1=O. The fourth-order valence-corrected chi connectivity index (χ4v) is 1.37. The number of aryl methyl sites for hydroxylation is 1. The highest BCUT2D eigenvalue weighted by molar-refractivity contribution is 5.66. The minimum Gasteiger partial charge on any atom is -0.481 e. The number of hydrogen-bond donors (Lipinski definition) is 1. The van der Waals surface area contributed by atoms with E-state index in [-0.39, 0.29) is 18.5 Å². The van der Waals surface area contributed by atoms with Crippen LogP contribution in [0.5, 0.6) is 0 Å². The van der Waals surface area contributed by atoms with E-state index < -0.39 is 5.97 Å². The van der Waals surface area contributed by atoms with Crippen molar-refractivity contribution in [2.45, 2.75) is 13.0 Å². The van der Waals surface area contributed by atoms with E-state index >= 15 is 0 Å². The first-order valence-corrected chi connectivity index (χ1v) is 5.00. The zero-order valence-electron chi connectivity index (χ0n) is 8.87. The van der Waals surface area contributed by atoms with E-state index in [2.05, 4.69) is 5.10 Å². The highest BCUT2D eigenvalue weighted by Gasteiger charge is 2.06. The largest absolute Gasteiger partial charge is 0.481 e. The predicted octanol–water partition coefficient (Wildman–Crippen LogP) is 0.978. The van der Waals surface area contributed by atoms with Crippen LogP contribution in [0.3, 0.4) is 0 Å². The van der Waals surface area contributed by atoms with Crippen molar-refractivity contribution in [1.29, 1.82) is 0 Å². The molecule has 0 unspecified atom stereocenters. The van der Waals surface area contributed by atoms with Crippen LogP contribution in [0.2, 0.25) is 0 Å². The fourth-order valence-electron chi connectivity index (χ4n) is 1.37. The summed E-state index contributed by atoms with van der Waals surface area (Å²) in [7, 11) is 0. The molecule has 6 heteroatoms. The zero-order chi connectivity index (χ0) is 12.3. The smallest absolute Gasteiger partial charge is 0.305 e. The van der Waals surface area contributed by atoms with Crippen molar-refractivity contribution in [1.82, 2.24) is 9.78 Å². The Bertz CT molecular complexity index is 571. The molecule has 0 radical (unpaired) electrons. The lowest BCUT2D eigenvalue weighted by molar-refractivity contribution is -0.137. The second kappa shape index (κ2) is 4.65. The molecule has 0 aliphatic carbocycles. The van der Waals surface area contributed by atoms with E-state index in [4.69, 9.17) is 9.52 Å². The summed E-state index contributed by atoms with van der Waals surface area (Å²) in [6.07, 6.45) is 1.36. The van der Waals surface area contributed by atoms with Gasteiger partial charge in [0.2, 0.25) is 0 Å². The number of carboxylic acid groups (broad SMARTS) is 1. The number of furan rings is 1. The van der Waals surface area contributed by atoms with Gasteiger partial charge in [-0.3, -0.25) is 9.59 Å². The zero-order valence-corrected chi connectivity index (χ0v) is 8.87. The molecule has 0 saturated heterocycles. The van der Waals surface area contributed by atoms with Crippen LogP contribution in [0.1, 0.15) is 6.42 Å². The molecular formula is C11H10N2O4. The summed E-state index contributed by atoms with van der Waals surface area (Å²) in [5, 5.41) is 12.6. The standard InChI is InChI=1S/C11H10N2O4/c14-10-4-3-8(9-2-1-7-17-9)12-13(10)6-5-11(15)16/h1-4,7H,5-6H2,(H,15,16). The summed E-state index contributed by atoms with van der Waals surface area (Å²) in [6.45, 7) is 0.0444. The van der Waals surface area contributed by atoms with Gasteiger partial charge in [-0.1, -0.05) is 0 Å². The quantitative estimate of drug-likeness (QED) is 0.852. The molecule has 2 rings (SSSR count).